The third-order valence-corrected chi connectivity index (χ3v) is 3.26. The summed E-state index contributed by atoms with van der Waals surface area (Å²) in [7, 11) is 1.48. The predicted molar refractivity (Wildman–Crippen MR) is 80.0 cm³/mol. The number of methoxy groups -OCH3 is 1. The smallest absolute Gasteiger partial charge is 0.255 e. The minimum Gasteiger partial charge on any atom is -0.494 e. The third kappa shape index (κ3) is 3.03. The highest BCUT2D eigenvalue weighted by Gasteiger charge is 2.14. The number of carbonyl (C=O) groups is 1. The lowest BCUT2D eigenvalue weighted by Gasteiger charge is -2.11. The lowest BCUT2D eigenvalue weighted by molar-refractivity contribution is 0.0948. The second kappa shape index (κ2) is 6.30. The molecule has 0 aliphatic carbocycles. The zero-order valence-corrected chi connectivity index (χ0v) is 11.8. The Balaban J connectivity index is 2.14. The largest absolute Gasteiger partial charge is 0.494 e. The first kappa shape index (κ1) is 14.2. The SMILES string of the molecule is COc1c(N)cccc1C(=O)NCc1ccccc1Cl. The van der Waals surface area contributed by atoms with E-state index in [-0.39, 0.29) is 5.91 Å². The molecule has 2 aromatic rings. The summed E-state index contributed by atoms with van der Waals surface area (Å²) >= 11 is 6.04. The average molecular weight is 291 g/mol. The van der Waals surface area contributed by atoms with Crippen LogP contribution in [0.4, 0.5) is 5.69 Å². The fraction of sp³-hybridized carbons (Fsp3) is 0.133. The average Bonchev–Trinajstić information content (AvgIpc) is 2.46. The van der Waals surface area contributed by atoms with Gasteiger partial charge in [-0.2, -0.15) is 0 Å². The maximum Gasteiger partial charge on any atom is 0.255 e. The maximum absolute atomic E-state index is 12.2. The Morgan fingerprint density at radius 3 is 2.70 bits per heavy atom. The van der Waals surface area contributed by atoms with E-state index in [9.17, 15) is 4.79 Å². The van der Waals surface area contributed by atoms with Crippen LogP contribution in [0.2, 0.25) is 5.02 Å². The molecular weight excluding hydrogens is 276 g/mol. The molecule has 0 aliphatic heterocycles. The van der Waals surface area contributed by atoms with Gasteiger partial charge in [0.1, 0.15) is 0 Å². The molecule has 104 valence electrons. The number of nitrogens with two attached hydrogens (primary N) is 1. The Kier molecular flexibility index (Phi) is 4.48. The summed E-state index contributed by atoms with van der Waals surface area (Å²) in [6.07, 6.45) is 0. The molecule has 2 rings (SSSR count). The zero-order chi connectivity index (χ0) is 14.5. The summed E-state index contributed by atoms with van der Waals surface area (Å²) in [6.45, 7) is 0.344. The first-order valence-corrected chi connectivity index (χ1v) is 6.45. The quantitative estimate of drug-likeness (QED) is 0.851. The van der Waals surface area contributed by atoms with Crippen molar-refractivity contribution in [3.05, 3.63) is 58.6 Å². The predicted octanol–water partition coefficient (Wildman–Crippen LogP) is 2.86. The van der Waals surface area contributed by atoms with Crippen molar-refractivity contribution in [2.45, 2.75) is 6.54 Å². The maximum atomic E-state index is 12.2. The molecule has 4 nitrogen and oxygen atoms in total. The molecule has 0 atom stereocenters. The molecule has 0 radical (unpaired) electrons. The molecule has 0 saturated heterocycles. The summed E-state index contributed by atoms with van der Waals surface area (Å²) in [5.74, 6) is 0.123. The Hall–Kier alpha value is -2.20. The van der Waals surface area contributed by atoms with Gasteiger partial charge in [-0.3, -0.25) is 4.79 Å². The standard InChI is InChI=1S/C15H15ClN2O2/c1-20-14-11(6-4-8-13(14)17)15(19)18-9-10-5-2-3-7-12(10)16/h2-8H,9,17H2,1H3,(H,18,19). The Morgan fingerprint density at radius 2 is 2.00 bits per heavy atom. The van der Waals surface area contributed by atoms with Gasteiger partial charge in [0, 0.05) is 11.6 Å². The number of benzene rings is 2. The van der Waals surface area contributed by atoms with Gasteiger partial charge in [0.2, 0.25) is 0 Å². The van der Waals surface area contributed by atoms with Crippen molar-refractivity contribution in [2.75, 3.05) is 12.8 Å². The highest BCUT2D eigenvalue weighted by atomic mass is 35.5. The van der Waals surface area contributed by atoms with Gasteiger partial charge < -0.3 is 15.8 Å². The number of para-hydroxylation sites is 1. The molecule has 0 aliphatic rings. The minimum absolute atomic E-state index is 0.255. The highest BCUT2D eigenvalue weighted by Crippen LogP contribution is 2.25. The van der Waals surface area contributed by atoms with Crippen molar-refractivity contribution in [3.63, 3.8) is 0 Å². The lowest BCUT2D eigenvalue weighted by atomic mass is 10.1. The second-order valence-corrected chi connectivity index (χ2v) is 4.61. The van der Waals surface area contributed by atoms with Crippen LogP contribution in [-0.2, 0) is 6.54 Å². The summed E-state index contributed by atoms with van der Waals surface area (Å²) in [4.78, 5) is 12.2. The number of hydrogen-bond donors (Lipinski definition) is 2. The van der Waals surface area contributed by atoms with Gasteiger partial charge in [0.15, 0.2) is 5.75 Å². The van der Waals surface area contributed by atoms with E-state index in [0.717, 1.165) is 5.56 Å². The highest BCUT2D eigenvalue weighted by molar-refractivity contribution is 6.31. The van der Waals surface area contributed by atoms with Crippen LogP contribution in [0.1, 0.15) is 15.9 Å². The summed E-state index contributed by atoms with van der Waals surface area (Å²) < 4.78 is 5.16. The summed E-state index contributed by atoms with van der Waals surface area (Å²) in [5, 5.41) is 3.42. The molecule has 0 aromatic heterocycles. The summed E-state index contributed by atoms with van der Waals surface area (Å²) in [5.41, 5.74) is 7.46. The van der Waals surface area contributed by atoms with E-state index in [1.54, 1.807) is 24.3 Å². The van der Waals surface area contributed by atoms with Crippen LogP contribution in [0.15, 0.2) is 42.5 Å². The Labute approximate surface area is 122 Å². The first-order chi connectivity index (χ1) is 9.63. The van der Waals surface area contributed by atoms with Crippen molar-refractivity contribution >= 4 is 23.2 Å². The topological polar surface area (TPSA) is 64.3 Å². The van der Waals surface area contributed by atoms with Crippen molar-refractivity contribution in [1.29, 1.82) is 0 Å². The van der Waals surface area contributed by atoms with Gasteiger partial charge in [-0.05, 0) is 23.8 Å². The van der Waals surface area contributed by atoms with E-state index in [0.29, 0.717) is 28.6 Å². The van der Waals surface area contributed by atoms with Crippen molar-refractivity contribution in [3.8, 4) is 5.75 Å². The van der Waals surface area contributed by atoms with Crippen molar-refractivity contribution < 1.29 is 9.53 Å². The van der Waals surface area contributed by atoms with Gasteiger partial charge in [-0.1, -0.05) is 35.9 Å². The fourth-order valence-electron chi connectivity index (χ4n) is 1.87. The van der Waals surface area contributed by atoms with E-state index in [2.05, 4.69) is 5.32 Å². The first-order valence-electron chi connectivity index (χ1n) is 6.07. The second-order valence-electron chi connectivity index (χ2n) is 4.20. The number of nitrogens with one attached hydrogen (secondary N) is 1. The molecular formula is C15H15ClN2O2. The van der Waals surface area contributed by atoms with Crippen LogP contribution in [0.3, 0.4) is 0 Å². The van der Waals surface area contributed by atoms with Gasteiger partial charge in [-0.15, -0.1) is 0 Å². The molecule has 5 heteroatoms. The molecule has 0 unspecified atom stereocenters. The zero-order valence-electron chi connectivity index (χ0n) is 11.0. The molecule has 0 fully saturated rings. The fourth-order valence-corrected chi connectivity index (χ4v) is 2.08. The number of ether oxygens (including phenoxy) is 1. The number of rotatable bonds is 4. The van der Waals surface area contributed by atoms with E-state index < -0.39 is 0 Å². The van der Waals surface area contributed by atoms with Gasteiger partial charge in [0.05, 0.1) is 18.4 Å². The van der Waals surface area contributed by atoms with Crippen LogP contribution in [0, 0.1) is 0 Å². The monoisotopic (exact) mass is 290 g/mol. The Morgan fingerprint density at radius 1 is 1.25 bits per heavy atom. The van der Waals surface area contributed by atoms with Crippen LogP contribution in [0.25, 0.3) is 0 Å². The number of halogens is 1. The van der Waals surface area contributed by atoms with E-state index in [1.807, 2.05) is 18.2 Å². The molecule has 2 aromatic carbocycles. The Bertz CT molecular complexity index is 629. The number of nitrogen functional groups attached to an aromatic ring is 1. The molecule has 20 heavy (non-hydrogen) atoms. The van der Waals surface area contributed by atoms with E-state index in [1.165, 1.54) is 7.11 Å². The number of hydrogen-bond acceptors (Lipinski definition) is 3. The van der Waals surface area contributed by atoms with E-state index in [4.69, 9.17) is 22.1 Å². The van der Waals surface area contributed by atoms with Gasteiger partial charge in [-0.25, -0.2) is 0 Å². The van der Waals surface area contributed by atoms with Gasteiger partial charge in [0.25, 0.3) is 5.91 Å². The van der Waals surface area contributed by atoms with Gasteiger partial charge >= 0.3 is 0 Å². The minimum atomic E-state index is -0.255. The van der Waals surface area contributed by atoms with Crippen LogP contribution in [-0.4, -0.2) is 13.0 Å². The van der Waals surface area contributed by atoms with Crippen LogP contribution >= 0.6 is 11.6 Å². The van der Waals surface area contributed by atoms with Crippen LogP contribution < -0.4 is 15.8 Å². The number of anilines is 1. The molecule has 3 N–H and O–H groups in total. The van der Waals surface area contributed by atoms with Crippen LogP contribution in [0.5, 0.6) is 5.75 Å². The van der Waals surface area contributed by atoms with Crippen molar-refractivity contribution in [1.82, 2.24) is 5.32 Å². The lowest BCUT2D eigenvalue weighted by Crippen LogP contribution is -2.23. The molecule has 0 saturated carbocycles. The molecule has 0 bridgehead atoms. The number of carbonyl (C=O) groups excluding carboxylic acids is 1. The normalized spacial score (nSPS) is 10.1. The molecule has 0 spiro atoms. The molecule has 0 heterocycles. The van der Waals surface area contributed by atoms with E-state index >= 15 is 0 Å². The third-order valence-electron chi connectivity index (χ3n) is 2.89. The van der Waals surface area contributed by atoms with Crippen molar-refractivity contribution in [2.24, 2.45) is 0 Å². The molecule has 1 amide bonds. The number of amides is 1. The summed E-state index contributed by atoms with van der Waals surface area (Å²) in [6, 6.07) is 12.4.